The first-order chi connectivity index (χ1) is 18.2. The Hall–Kier alpha value is -3.27. The average Bonchev–Trinajstić information content (AvgIpc) is 2.93. The first kappa shape index (κ1) is 26.8. The fourth-order valence-corrected chi connectivity index (χ4v) is 4.47. The number of pyridine rings is 1. The lowest BCUT2D eigenvalue weighted by Crippen LogP contribution is -2.42. The number of urea groups is 1. The molecule has 1 aromatic heterocycles. The fraction of sp³-hybridized carbons (Fsp3) is 0.464. The minimum absolute atomic E-state index is 0.119. The molecule has 0 aliphatic carbocycles. The second-order valence-electron chi connectivity index (χ2n) is 9.39. The summed E-state index contributed by atoms with van der Waals surface area (Å²) < 4.78 is 5.33. The number of anilines is 2. The number of nitrogens with one attached hydrogen (secondary N) is 3. The van der Waals surface area contributed by atoms with Gasteiger partial charge in [-0.3, -0.25) is 9.69 Å². The molecule has 0 spiro atoms. The highest BCUT2D eigenvalue weighted by Gasteiger charge is 2.11. The van der Waals surface area contributed by atoms with Crippen LogP contribution < -0.4 is 16.0 Å². The van der Waals surface area contributed by atoms with Crippen molar-refractivity contribution in [2.45, 2.75) is 19.3 Å². The molecule has 0 atom stereocenters. The molecule has 3 heterocycles. The molecule has 9 heteroatoms. The zero-order valence-corrected chi connectivity index (χ0v) is 21.5. The van der Waals surface area contributed by atoms with E-state index in [4.69, 9.17) is 4.74 Å². The molecule has 0 saturated carbocycles. The maximum atomic E-state index is 12.6. The molecule has 2 saturated heterocycles. The predicted octanol–water partition coefficient (Wildman–Crippen LogP) is 3.33. The number of ether oxygens (including phenoxy) is 1. The summed E-state index contributed by atoms with van der Waals surface area (Å²) in [6.07, 6.45) is 7.17. The van der Waals surface area contributed by atoms with E-state index in [9.17, 15) is 9.59 Å². The van der Waals surface area contributed by atoms with Crippen molar-refractivity contribution in [3.05, 3.63) is 59.8 Å². The van der Waals surface area contributed by atoms with Crippen LogP contribution >= 0.6 is 0 Å². The molecule has 37 heavy (non-hydrogen) atoms. The first-order valence-corrected chi connectivity index (χ1v) is 13.3. The number of ketones is 1. The molecule has 4 rings (SSSR count). The number of allylic oxidation sites excluding steroid dienone is 1. The fourth-order valence-electron chi connectivity index (χ4n) is 4.47. The van der Waals surface area contributed by atoms with Crippen LogP contribution in [0.3, 0.4) is 0 Å². The van der Waals surface area contributed by atoms with Gasteiger partial charge in [0.05, 0.1) is 18.9 Å². The Balaban J connectivity index is 1.19. The quantitative estimate of drug-likeness (QED) is 0.318. The van der Waals surface area contributed by atoms with Crippen LogP contribution in [0.25, 0.3) is 6.08 Å². The molecule has 2 fully saturated rings. The van der Waals surface area contributed by atoms with E-state index in [0.717, 1.165) is 57.4 Å². The van der Waals surface area contributed by atoms with Crippen molar-refractivity contribution in [1.82, 2.24) is 20.1 Å². The number of nitrogens with zero attached hydrogens (tertiary/aromatic N) is 3. The standard InChI is InChI=1S/C28H38N6O3/c35-26(12-11-24-5-4-6-27(31-24)29-13-17-33-15-2-1-3-16-33)23-7-9-25(10-8-23)32-28(36)30-14-18-34-19-21-37-22-20-34/h4-12H,1-3,13-22H2,(H,29,31)(H2,30,32,36)/b12-11+. The van der Waals surface area contributed by atoms with Crippen LogP contribution in [0, 0.1) is 0 Å². The molecular weight excluding hydrogens is 468 g/mol. The summed E-state index contributed by atoms with van der Waals surface area (Å²) in [5.74, 6) is 0.692. The Labute approximate surface area is 219 Å². The third-order valence-electron chi connectivity index (χ3n) is 6.60. The number of benzene rings is 1. The van der Waals surface area contributed by atoms with E-state index < -0.39 is 0 Å². The smallest absolute Gasteiger partial charge is 0.319 e. The maximum absolute atomic E-state index is 12.6. The van der Waals surface area contributed by atoms with E-state index in [-0.39, 0.29) is 11.8 Å². The second-order valence-corrected chi connectivity index (χ2v) is 9.39. The van der Waals surface area contributed by atoms with Gasteiger partial charge in [0.25, 0.3) is 0 Å². The highest BCUT2D eigenvalue weighted by atomic mass is 16.5. The van der Waals surface area contributed by atoms with Crippen LogP contribution in [-0.4, -0.2) is 92.2 Å². The van der Waals surface area contributed by atoms with Crippen molar-refractivity contribution in [2.75, 3.05) is 76.2 Å². The Kier molecular flexibility index (Phi) is 10.5. The number of likely N-dealkylation sites (tertiary alicyclic amines) is 1. The zero-order valence-electron chi connectivity index (χ0n) is 21.5. The highest BCUT2D eigenvalue weighted by Crippen LogP contribution is 2.13. The lowest BCUT2D eigenvalue weighted by Gasteiger charge is -2.26. The minimum atomic E-state index is -0.261. The predicted molar refractivity (Wildman–Crippen MR) is 147 cm³/mol. The van der Waals surface area contributed by atoms with E-state index in [2.05, 4.69) is 30.7 Å². The van der Waals surface area contributed by atoms with Gasteiger partial charge in [-0.25, -0.2) is 9.78 Å². The van der Waals surface area contributed by atoms with Crippen LogP contribution in [0.15, 0.2) is 48.5 Å². The summed E-state index contributed by atoms with van der Waals surface area (Å²) in [6, 6.07) is 12.4. The molecule has 0 unspecified atom stereocenters. The number of morpholine rings is 1. The van der Waals surface area contributed by atoms with Gasteiger partial charge in [0.2, 0.25) is 0 Å². The highest BCUT2D eigenvalue weighted by molar-refractivity contribution is 6.07. The average molecular weight is 507 g/mol. The Morgan fingerprint density at radius 1 is 0.892 bits per heavy atom. The van der Waals surface area contributed by atoms with E-state index in [1.54, 1.807) is 30.3 Å². The zero-order chi connectivity index (χ0) is 25.7. The largest absolute Gasteiger partial charge is 0.379 e. The van der Waals surface area contributed by atoms with Crippen molar-refractivity contribution in [2.24, 2.45) is 0 Å². The van der Waals surface area contributed by atoms with Gasteiger partial charge in [-0.2, -0.15) is 0 Å². The molecular formula is C28H38N6O3. The van der Waals surface area contributed by atoms with Crippen molar-refractivity contribution in [1.29, 1.82) is 0 Å². The van der Waals surface area contributed by atoms with E-state index in [0.29, 0.717) is 17.8 Å². The van der Waals surface area contributed by atoms with E-state index in [1.165, 1.54) is 38.4 Å². The molecule has 198 valence electrons. The third kappa shape index (κ3) is 9.27. The topological polar surface area (TPSA) is 98.8 Å². The van der Waals surface area contributed by atoms with Crippen LogP contribution in [0.1, 0.15) is 35.3 Å². The van der Waals surface area contributed by atoms with Gasteiger partial charge in [-0.15, -0.1) is 0 Å². The van der Waals surface area contributed by atoms with Gasteiger partial charge in [-0.1, -0.05) is 12.5 Å². The SMILES string of the molecule is O=C(NCCN1CCOCC1)Nc1ccc(C(=O)/C=C/c2cccc(NCCN3CCCCC3)n2)cc1. The maximum Gasteiger partial charge on any atom is 0.319 e. The molecule has 0 radical (unpaired) electrons. The Bertz CT molecular complexity index is 1030. The third-order valence-corrected chi connectivity index (χ3v) is 6.60. The summed E-state index contributed by atoms with van der Waals surface area (Å²) in [5.41, 5.74) is 1.91. The lowest BCUT2D eigenvalue weighted by molar-refractivity contribution is 0.0388. The number of carbonyl (C=O) groups is 2. The van der Waals surface area contributed by atoms with Gasteiger partial charge >= 0.3 is 6.03 Å². The van der Waals surface area contributed by atoms with Gasteiger partial charge in [0, 0.05) is 50.5 Å². The summed E-state index contributed by atoms with van der Waals surface area (Å²) in [6.45, 7) is 8.86. The van der Waals surface area contributed by atoms with Crippen molar-refractivity contribution < 1.29 is 14.3 Å². The lowest BCUT2D eigenvalue weighted by atomic mass is 10.1. The summed E-state index contributed by atoms with van der Waals surface area (Å²) in [5, 5.41) is 9.05. The van der Waals surface area contributed by atoms with Crippen LogP contribution in [0.5, 0.6) is 0 Å². The van der Waals surface area contributed by atoms with Crippen LogP contribution in [-0.2, 0) is 4.74 Å². The monoisotopic (exact) mass is 506 g/mol. The molecule has 2 aliphatic heterocycles. The van der Waals surface area contributed by atoms with Crippen molar-refractivity contribution in [3.63, 3.8) is 0 Å². The van der Waals surface area contributed by atoms with Crippen LogP contribution in [0.2, 0.25) is 0 Å². The van der Waals surface area contributed by atoms with Gasteiger partial charge in [-0.05, 0) is 74.5 Å². The number of aromatic nitrogens is 1. The number of rotatable bonds is 11. The number of hydrogen-bond acceptors (Lipinski definition) is 7. The van der Waals surface area contributed by atoms with E-state index >= 15 is 0 Å². The molecule has 2 aliphatic rings. The van der Waals surface area contributed by atoms with Gasteiger partial charge < -0.3 is 25.6 Å². The molecule has 0 bridgehead atoms. The van der Waals surface area contributed by atoms with Crippen LogP contribution in [0.4, 0.5) is 16.3 Å². The Morgan fingerprint density at radius 3 is 2.41 bits per heavy atom. The van der Waals surface area contributed by atoms with Gasteiger partial charge in [0.1, 0.15) is 5.82 Å². The minimum Gasteiger partial charge on any atom is -0.379 e. The Morgan fingerprint density at radius 2 is 1.62 bits per heavy atom. The van der Waals surface area contributed by atoms with Crippen molar-refractivity contribution >= 4 is 29.4 Å². The number of hydrogen-bond donors (Lipinski definition) is 3. The number of amides is 2. The second kappa shape index (κ2) is 14.5. The summed E-state index contributed by atoms with van der Waals surface area (Å²) >= 11 is 0. The summed E-state index contributed by atoms with van der Waals surface area (Å²) in [4.78, 5) is 34.1. The van der Waals surface area contributed by atoms with Gasteiger partial charge in [0.15, 0.2) is 5.78 Å². The first-order valence-electron chi connectivity index (χ1n) is 13.3. The normalized spacial score (nSPS) is 17.0. The molecule has 3 N–H and O–H groups in total. The molecule has 2 aromatic rings. The van der Waals surface area contributed by atoms with E-state index in [1.807, 2.05) is 18.2 Å². The molecule has 2 amide bonds. The number of carbonyl (C=O) groups excluding carboxylic acids is 2. The molecule has 9 nitrogen and oxygen atoms in total. The molecule has 1 aromatic carbocycles. The number of piperidine rings is 1. The summed E-state index contributed by atoms with van der Waals surface area (Å²) in [7, 11) is 0. The van der Waals surface area contributed by atoms with Crippen molar-refractivity contribution in [3.8, 4) is 0 Å².